The highest BCUT2D eigenvalue weighted by atomic mass is 16.6. The Morgan fingerprint density at radius 3 is 2.77 bits per heavy atom. The number of methoxy groups -OCH3 is 1. The summed E-state index contributed by atoms with van der Waals surface area (Å²) in [6.07, 6.45) is -3.51. The van der Waals surface area contributed by atoms with Gasteiger partial charge in [-0.15, -0.1) is 0 Å². The number of ether oxygens (including phenoxy) is 2. The van der Waals surface area contributed by atoms with Gasteiger partial charge in [-0.25, -0.2) is 4.79 Å². The van der Waals surface area contributed by atoms with Crippen molar-refractivity contribution in [1.29, 1.82) is 0 Å². The molecule has 1 fully saturated rings. The van der Waals surface area contributed by atoms with Crippen LogP contribution in [0, 0.1) is 0 Å². The monoisotopic (exact) mass is 315 g/mol. The third kappa shape index (κ3) is 3.25. The van der Waals surface area contributed by atoms with Crippen molar-refractivity contribution in [3.63, 3.8) is 0 Å². The van der Waals surface area contributed by atoms with E-state index in [1.54, 1.807) is 0 Å². The Bertz CT molecular complexity index is 590. The molecule has 1 aromatic rings. The third-order valence-electron chi connectivity index (χ3n) is 3.26. The average molecular weight is 315 g/mol. The SMILES string of the molecule is COC(=O)CNc1ccn([C@H]2O[C@@H](CO)[C@@H](O)[C@@H]2O)c(=O)n1. The second-order valence-corrected chi connectivity index (χ2v) is 4.66. The first-order valence-electron chi connectivity index (χ1n) is 6.50. The zero-order valence-electron chi connectivity index (χ0n) is 11.7. The minimum Gasteiger partial charge on any atom is -0.468 e. The molecule has 1 aliphatic rings. The summed E-state index contributed by atoms with van der Waals surface area (Å²) in [4.78, 5) is 26.6. The van der Waals surface area contributed by atoms with Gasteiger partial charge in [0.15, 0.2) is 6.23 Å². The summed E-state index contributed by atoms with van der Waals surface area (Å²) in [5.74, 6) is -0.368. The molecule has 0 bridgehead atoms. The number of nitrogens with one attached hydrogen (secondary N) is 1. The lowest BCUT2D eigenvalue weighted by Gasteiger charge is -2.17. The van der Waals surface area contributed by atoms with Crippen LogP contribution in [0.1, 0.15) is 6.23 Å². The van der Waals surface area contributed by atoms with Gasteiger partial charge in [-0.3, -0.25) is 9.36 Å². The van der Waals surface area contributed by atoms with Gasteiger partial charge in [-0.05, 0) is 6.07 Å². The van der Waals surface area contributed by atoms with Crippen molar-refractivity contribution >= 4 is 11.8 Å². The van der Waals surface area contributed by atoms with Gasteiger partial charge < -0.3 is 30.1 Å². The zero-order valence-corrected chi connectivity index (χ0v) is 11.7. The van der Waals surface area contributed by atoms with E-state index in [1.165, 1.54) is 19.4 Å². The van der Waals surface area contributed by atoms with Crippen LogP contribution in [0.5, 0.6) is 0 Å². The maximum absolute atomic E-state index is 11.9. The molecule has 1 saturated heterocycles. The maximum Gasteiger partial charge on any atom is 0.351 e. The number of esters is 1. The summed E-state index contributed by atoms with van der Waals surface area (Å²) < 4.78 is 10.7. The Balaban J connectivity index is 2.13. The number of aliphatic hydroxyl groups is 3. The van der Waals surface area contributed by atoms with Crippen molar-refractivity contribution in [1.82, 2.24) is 9.55 Å². The Morgan fingerprint density at radius 1 is 1.50 bits per heavy atom. The van der Waals surface area contributed by atoms with Crippen molar-refractivity contribution in [2.75, 3.05) is 25.6 Å². The maximum atomic E-state index is 11.9. The minimum atomic E-state index is -1.37. The lowest BCUT2D eigenvalue weighted by molar-refractivity contribution is -0.138. The number of aliphatic hydroxyl groups excluding tert-OH is 3. The number of hydrogen-bond donors (Lipinski definition) is 4. The molecule has 0 amide bonds. The zero-order chi connectivity index (χ0) is 16.3. The summed E-state index contributed by atoms with van der Waals surface area (Å²) >= 11 is 0. The van der Waals surface area contributed by atoms with Crippen LogP contribution in [0.4, 0.5) is 5.82 Å². The highest BCUT2D eigenvalue weighted by Crippen LogP contribution is 2.28. The first kappa shape index (κ1) is 16.4. The number of nitrogens with zero attached hydrogens (tertiary/aromatic N) is 2. The van der Waals surface area contributed by atoms with Gasteiger partial charge in [-0.1, -0.05) is 0 Å². The van der Waals surface area contributed by atoms with Gasteiger partial charge >= 0.3 is 11.7 Å². The molecule has 122 valence electrons. The van der Waals surface area contributed by atoms with E-state index < -0.39 is 42.8 Å². The number of aromatic nitrogens is 2. The average Bonchev–Trinajstić information content (AvgIpc) is 2.80. The normalized spacial score (nSPS) is 27.6. The number of rotatable bonds is 5. The van der Waals surface area contributed by atoms with E-state index in [0.29, 0.717) is 0 Å². The molecule has 10 nitrogen and oxygen atoms in total. The highest BCUT2D eigenvalue weighted by molar-refractivity contribution is 5.74. The van der Waals surface area contributed by atoms with Crippen LogP contribution in [-0.2, 0) is 14.3 Å². The molecule has 1 aliphatic heterocycles. The predicted octanol–water partition coefficient (Wildman–Crippen LogP) is -2.56. The molecule has 0 unspecified atom stereocenters. The molecule has 0 spiro atoms. The molecule has 0 aromatic carbocycles. The molecular formula is C12H17N3O7. The van der Waals surface area contributed by atoms with E-state index in [2.05, 4.69) is 15.0 Å². The second kappa shape index (κ2) is 6.83. The summed E-state index contributed by atoms with van der Waals surface area (Å²) in [5, 5.41) is 31.2. The lowest BCUT2D eigenvalue weighted by atomic mass is 10.1. The quantitative estimate of drug-likeness (QED) is 0.431. The molecule has 0 aliphatic carbocycles. The van der Waals surface area contributed by atoms with E-state index in [4.69, 9.17) is 9.84 Å². The van der Waals surface area contributed by atoms with Crippen molar-refractivity contribution in [3.8, 4) is 0 Å². The van der Waals surface area contributed by atoms with Crippen LogP contribution in [0.15, 0.2) is 17.1 Å². The second-order valence-electron chi connectivity index (χ2n) is 4.66. The third-order valence-corrected chi connectivity index (χ3v) is 3.26. The summed E-state index contributed by atoms with van der Waals surface area (Å²) in [6.45, 7) is -0.642. The topological polar surface area (TPSA) is 143 Å². The summed E-state index contributed by atoms with van der Waals surface area (Å²) in [5.41, 5.74) is -0.746. The van der Waals surface area contributed by atoms with Gasteiger partial charge in [0.05, 0.1) is 13.7 Å². The van der Waals surface area contributed by atoms with Crippen LogP contribution < -0.4 is 11.0 Å². The number of anilines is 1. The fourth-order valence-electron chi connectivity index (χ4n) is 2.05. The van der Waals surface area contributed by atoms with Crippen LogP contribution in [0.25, 0.3) is 0 Å². The van der Waals surface area contributed by atoms with Gasteiger partial charge in [0.1, 0.15) is 30.7 Å². The molecule has 0 radical (unpaired) electrons. The molecule has 0 saturated carbocycles. The van der Waals surface area contributed by atoms with Gasteiger partial charge in [0.25, 0.3) is 0 Å². The van der Waals surface area contributed by atoms with Crippen LogP contribution >= 0.6 is 0 Å². The molecule has 4 atom stereocenters. The molecular weight excluding hydrogens is 298 g/mol. The van der Waals surface area contributed by atoms with Crippen molar-refractivity contribution in [3.05, 3.63) is 22.7 Å². The molecule has 10 heteroatoms. The Kier molecular flexibility index (Phi) is 5.08. The molecule has 2 heterocycles. The standard InChI is InChI=1S/C12H17N3O7/c1-21-8(17)4-13-7-2-3-15(12(20)14-7)11-10(19)9(18)6(5-16)22-11/h2-3,6,9-11,16,18-19H,4-5H2,1H3,(H,13,14,20)/t6-,9+,10-,11-/m0/s1. The lowest BCUT2D eigenvalue weighted by Crippen LogP contribution is -2.36. The molecule has 1 aromatic heterocycles. The van der Waals surface area contributed by atoms with E-state index in [1.807, 2.05) is 0 Å². The van der Waals surface area contributed by atoms with E-state index in [-0.39, 0.29) is 12.4 Å². The van der Waals surface area contributed by atoms with Crippen molar-refractivity contribution in [2.45, 2.75) is 24.5 Å². The Labute approximate surface area is 124 Å². The highest BCUT2D eigenvalue weighted by Gasteiger charge is 2.43. The molecule has 4 N–H and O–H groups in total. The molecule has 22 heavy (non-hydrogen) atoms. The number of carbonyl (C=O) groups excluding carboxylic acids is 1. The Hall–Kier alpha value is -2.01. The first-order valence-corrected chi connectivity index (χ1v) is 6.50. The van der Waals surface area contributed by atoms with Gasteiger partial charge in [-0.2, -0.15) is 4.98 Å². The fourth-order valence-corrected chi connectivity index (χ4v) is 2.05. The first-order chi connectivity index (χ1) is 10.5. The molecule has 2 rings (SSSR count). The Morgan fingerprint density at radius 2 is 2.23 bits per heavy atom. The van der Waals surface area contributed by atoms with Crippen LogP contribution in [0.2, 0.25) is 0 Å². The van der Waals surface area contributed by atoms with Gasteiger partial charge in [0, 0.05) is 6.20 Å². The van der Waals surface area contributed by atoms with Crippen LogP contribution in [0.3, 0.4) is 0 Å². The predicted molar refractivity (Wildman–Crippen MR) is 72.0 cm³/mol. The van der Waals surface area contributed by atoms with E-state index >= 15 is 0 Å². The van der Waals surface area contributed by atoms with Crippen molar-refractivity contribution in [2.24, 2.45) is 0 Å². The number of carbonyl (C=O) groups is 1. The van der Waals surface area contributed by atoms with E-state index in [9.17, 15) is 19.8 Å². The van der Waals surface area contributed by atoms with Crippen LogP contribution in [-0.4, -0.2) is 69.4 Å². The largest absolute Gasteiger partial charge is 0.468 e. The van der Waals surface area contributed by atoms with Crippen molar-refractivity contribution < 1.29 is 29.6 Å². The number of hydrogen-bond acceptors (Lipinski definition) is 9. The van der Waals surface area contributed by atoms with Gasteiger partial charge in [0.2, 0.25) is 0 Å². The summed E-state index contributed by atoms with van der Waals surface area (Å²) in [6, 6.07) is 1.40. The fraction of sp³-hybridized carbons (Fsp3) is 0.583. The summed E-state index contributed by atoms with van der Waals surface area (Å²) in [7, 11) is 1.23. The smallest absolute Gasteiger partial charge is 0.351 e. The minimum absolute atomic E-state index is 0.151. The van der Waals surface area contributed by atoms with E-state index in [0.717, 1.165) is 4.57 Å².